The lowest BCUT2D eigenvalue weighted by molar-refractivity contribution is 0.00791. The van der Waals surface area contributed by atoms with E-state index in [1.54, 1.807) is 6.33 Å². The third kappa shape index (κ3) is 4.75. The molecule has 3 aromatic heterocycles. The summed E-state index contributed by atoms with van der Waals surface area (Å²) in [4.78, 5) is 31.4. The summed E-state index contributed by atoms with van der Waals surface area (Å²) < 4.78 is 5.56. The number of aldehydes is 1. The van der Waals surface area contributed by atoms with Gasteiger partial charge in [-0.1, -0.05) is 18.2 Å². The highest BCUT2D eigenvalue weighted by atomic mass is 16.5. The van der Waals surface area contributed by atoms with E-state index in [0.29, 0.717) is 17.6 Å². The van der Waals surface area contributed by atoms with Crippen LogP contribution < -0.4 is 5.32 Å². The van der Waals surface area contributed by atoms with Crippen LogP contribution in [0.1, 0.15) is 64.0 Å². The summed E-state index contributed by atoms with van der Waals surface area (Å²) in [7, 11) is 0. The molecule has 2 aliphatic carbocycles. The van der Waals surface area contributed by atoms with Gasteiger partial charge >= 0.3 is 0 Å². The summed E-state index contributed by atoms with van der Waals surface area (Å²) in [5.74, 6) is 0.911. The second-order valence-corrected chi connectivity index (χ2v) is 11.7. The van der Waals surface area contributed by atoms with E-state index in [1.165, 1.54) is 29.5 Å². The summed E-state index contributed by atoms with van der Waals surface area (Å²) in [6.45, 7) is 5.90. The van der Waals surface area contributed by atoms with Crippen LogP contribution in [-0.4, -0.2) is 69.5 Å². The molecule has 1 saturated carbocycles. The maximum atomic E-state index is 11.5. The highest BCUT2D eigenvalue weighted by Crippen LogP contribution is 2.45. The van der Waals surface area contributed by atoms with Gasteiger partial charge in [0, 0.05) is 54.2 Å². The van der Waals surface area contributed by atoms with Crippen LogP contribution in [-0.2, 0) is 16.6 Å². The Kier molecular flexibility index (Phi) is 6.88. The second-order valence-electron chi connectivity index (χ2n) is 11.7. The molecule has 0 spiro atoms. The number of nitrogens with one attached hydrogen (secondary N) is 2. The zero-order valence-electron chi connectivity index (χ0n) is 23.5. The minimum atomic E-state index is -0.417. The van der Waals surface area contributed by atoms with Crippen molar-refractivity contribution < 1.29 is 9.53 Å². The summed E-state index contributed by atoms with van der Waals surface area (Å²) >= 11 is 0. The van der Waals surface area contributed by atoms with Gasteiger partial charge in [-0.2, -0.15) is 0 Å². The first kappa shape index (κ1) is 26.0. The monoisotopic (exact) mass is 548 g/mol. The predicted octanol–water partition coefficient (Wildman–Crippen LogP) is 5.08. The van der Waals surface area contributed by atoms with Crippen molar-refractivity contribution in [2.75, 3.05) is 31.6 Å². The minimum Gasteiger partial charge on any atom is -0.379 e. The molecule has 4 heterocycles. The molecule has 8 nitrogen and oxygen atoms in total. The molecule has 0 bridgehead atoms. The lowest BCUT2D eigenvalue weighted by atomic mass is 9.67. The average Bonchev–Trinajstić information content (AvgIpc) is 3.40. The molecular formula is C33H36N6O2. The summed E-state index contributed by atoms with van der Waals surface area (Å²) in [6.07, 6.45) is 16.1. The molecule has 4 aromatic rings. The zero-order chi connectivity index (χ0) is 27.8. The topological polar surface area (TPSA) is 96.0 Å². The fraction of sp³-hybridized carbons (Fsp3) is 0.394. The Morgan fingerprint density at radius 3 is 2.63 bits per heavy atom. The number of morpholine rings is 1. The molecule has 1 saturated heterocycles. The maximum absolute atomic E-state index is 11.5. The van der Waals surface area contributed by atoms with Gasteiger partial charge in [-0.05, 0) is 85.6 Å². The lowest BCUT2D eigenvalue weighted by Gasteiger charge is -2.39. The number of nitrogens with zero attached hydrogens (tertiary/aromatic N) is 4. The Hall–Kier alpha value is -3.88. The Morgan fingerprint density at radius 2 is 1.88 bits per heavy atom. The largest absolute Gasteiger partial charge is 0.379 e. The normalized spacial score (nSPS) is 24.7. The van der Waals surface area contributed by atoms with Crippen LogP contribution in [0.4, 0.5) is 5.82 Å². The molecule has 1 atom stereocenters. The van der Waals surface area contributed by atoms with E-state index in [0.717, 1.165) is 80.0 Å². The number of H-pyrrole nitrogens is 1. The van der Waals surface area contributed by atoms with Crippen LogP contribution in [0.5, 0.6) is 0 Å². The number of hydrogen-bond donors (Lipinski definition) is 2. The molecule has 2 N–H and O–H groups in total. The van der Waals surface area contributed by atoms with Crippen molar-refractivity contribution in [2.24, 2.45) is 0 Å². The number of aryl methyl sites for hydroxylation is 1. The molecular weight excluding hydrogens is 512 g/mol. The van der Waals surface area contributed by atoms with Crippen LogP contribution in [0, 0.1) is 6.92 Å². The van der Waals surface area contributed by atoms with Crippen molar-refractivity contribution >= 4 is 29.2 Å². The van der Waals surface area contributed by atoms with E-state index in [9.17, 15) is 4.79 Å². The van der Waals surface area contributed by atoms with Gasteiger partial charge in [-0.25, -0.2) is 9.97 Å². The number of allylic oxidation sites excluding steroid dienone is 1. The Labute approximate surface area is 240 Å². The number of fused-ring (bicyclic) bond motifs is 3. The van der Waals surface area contributed by atoms with Crippen molar-refractivity contribution in [1.82, 2.24) is 24.8 Å². The van der Waals surface area contributed by atoms with Gasteiger partial charge in [0.05, 0.1) is 18.6 Å². The minimum absolute atomic E-state index is 0.387. The van der Waals surface area contributed by atoms with Gasteiger partial charge in [0.25, 0.3) is 0 Å². The summed E-state index contributed by atoms with van der Waals surface area (Å²) in [5, 5.41) is 4.90. The van der Waals surface area contributed by atoms with Crippen molar-refractivity contribution in [1.29, 1.82) is 0 Å². The van der Waals surface area contributed by atoms with E-state index in [2.05, 4.69) is 62.4 Å². The van der Waals surface area contributed by atoms with Crippen LogP contribution >= 0.6 is 0 Å². The number of carbonyl (C=O) groups is 1. The van der Waals surface area contributed by atoms with Gasteiger partial charge in [-0.3, -0.25) is 14.7 Å². The van der Waals surface area contributed by atoms with Crippen molar-refractivity contribution in [2.45, 2.75) is 56.5 Å². The third-order valence-electron chi connectivity index (χ3n) is 9.38. The van der Waals surface area contributed by atoms with Crippen molar-refractivity contribution in [3.05, 3.63) is 88.6 Å². The average molecular weight is 549 g/mol. The number of aromatic nitrogens is 4. The van der Waals surface area contributed by atoms with Crippen molar-refractivity contribution in [3.63, 3.8) is 0 Å². The van der Waals surface area contributed by atoms with Crippen LogP contribution in [0.3, 0.4) is 0 Å². The Morgan fingerprint density at radius 1 is 1.07 bits per heavy atom. The number of hydrogen-bond acceptors (Lipinski definition) is 7. The lowest BCUT2D eigenvalue weighted by Crippen LogP contribution is -2.46. The number of benzene rings is 1. The number of ether oxygens (including phenoxy) is 1. The van der Waals surface area contributed by atoms with E-state index >= 15 is 0 Å². The van der Waals surface area contributed by atoms with Crippen LogP contribution in [0.15, 0.2) is 55.1 Å². The molecule has 210 valence electrons. The molecule has 1 aliphatic heterocycles. The van der Waals surface area contributed by atoms with Gasteiger partial charge in [0.2, 0.25) is 0 Å². The van der Waals surface area contributed by atoms with Gasteiger partial charge in [0.1, 0.15) is 24.1 Å². The first-order chi connectivity index (χ1) is 20.1. The molecule has 1 unspecified atom stereocenters. The number of anilines is 1. The fourth-order valence-electron chi connectivity index (χ4n) is 7.27. The number of aromatic amines is 1. The van der Waals surface area contributed by atoms with E-state index < -0.39 is 5.41 Å². The molecule has 0 amide bonds. The number of pyridine rings is 1. The van der Waals surface area contributed by atoms with E-state index in [4.69, 9.17) is 9.72 Å². The number of carbonyl (C=O) groups excluding carboxylic acids is 1. The second kappa shape index (κ2) is 10.8. The highest BCUT2D eigenvalue weighted by molar-refractivity contribution is 5.94. The van der Waals surface area contributed by atoms with Gasteiger partial charge in [0.15, 0.2) is 0 Å². The van der Waals surface area contributed by atoms with Gasteiger partial charge in [-0.15, -0.1) is 0 Å². The number of rotatable bonds is 6. The zero-order valence-corrected chi connectivity index (χ0v) is 23.5. The molecule has 0 radical (unpaired) electrons. The summed E-state index contributed by atoms with van der Waals surface area (Å²) in [6, 6.07) is 11.2. The Balaban J connectivity index is 1.23. The standard InChI is InChI=1S/C33H36N6O2/c1-22-18-23(20-40)2-7-28(22)33(24-9-12-34-13-10-24)11-8-29-27(19-33)30-31(35-21-36-32(30)38-29)37-25-3-5-26(6-4-25)39-14-16-41-17-15-39/h2,7-13,18,20-21,25-26H,3-6,14-17,19H2,1H3,(H2,35,36,37,38). The molecule has 2 fully saturated rings. The first-order valence-electron chi connectivity index (χ1n) is 14.7. The fourth-order valence-corrected chi connectivity index (χ4v) is 7.27. The van der Waals surface area contributed by atoms with Crippen LogP contribution in [0.25, 0.3) is 17.1 Å². The molecule has 3 aliphatic rings. The highest BCUT2D eigenvalue weighted by Gasteiger charge is 2.38. The molecule has 7 rings (SSSR count). The van der Waals surface area contributed by atoms with E-state index in [-0.39, 0.29) is 0 Å². The molecule has 41 heavy (non-hydrogen) atoms. The predicted molar refractivity (Wildman–Crippen MR) is 160 cm³/mol. The Bertz CT molecular complexity index is 1580. The van der Waals surface area contributed by atoms with E-state index in [1.807, 2.05) is 24.5 Å². The summed E-state index contributed by atoms with van der Waals surface area (Å²) in [5.41, 5.74) is 6.85. The quantitative estimate of drug-likeness (QED) is 0.324. The molecule has 8 heteroatoms. The maximum Gasteiger partial charge on any atom is 0.150 e. The molecule has 1 aromatic carbocycles. The third-order valence-corrected chi connectivity index (χ3v) is 9.38. The van der Waals surface area contributed by atoms with Crippen LogP contribution in [0.2, 0.25) is 0 Å². The van der Waals surface area contributed by atoms with Crippen molar-refractivity contribution in [3.8, 4) is 0 Å². The first-order valence-corrected chi connectivity index (χ1v) is 14.7. The van der Waals surface area contributed by atoms with Gasteiger partial charge < -0.3 is 15.0 Å². The smallest absolute Gasteiger partial charge is 0.150 e. The SMILES string of the molecule is Cc1cc(C=O)ccc1C1(c2ccncc2)C=Cc2[nH]c3ncnc(NC4CCC(N5CCOCC5)CC4)c3c2C1.